The summed E-state index contributed by atoms with van der Waals surface area (Å²) >= 11 is 0. The summed E-state index contributed by atoms with van der Waals surface area (Å²) in [5.74, 6) is 0. The fourth-order valence-corrected chi connectivity index (χ4v) is 2.24. The van der Waals surface area contributed by atoms with Crippen molar-refractivity contribution in [1.29, 1.82) is 0 Å². The Morgan fingerprint density at radius 1 is 1.35 bits per heavy atom. The summed E-state index contributed by atoms with van der Waals surface area (Å²) in [6.07, 6.45) is -4.16. The van der Waals surface area contributed by atoms with Gasteiger partial charge in [0.05, 0.1) is 0 Å². The first kappa shape index (κ1) is 12.2. The van der Waals surface area contributed by atoms with E-state index in [9.17, 15) is 13.2 Å². The van der Waals surface area contributed by atoms with Crippen LogP contribution in [0.5, 0.6) is 0 Å². The minimum Gasteiger partial charge on any atom is -0.361 e. The van der Waals surface area contributed by atoms with E-state index in [1.54, 1.807) is 0 Å². The highest BCUT2D eigenvalue weighted by Crippen LogP contribution is 2.29. The van der Waals surface area contributed by atoms with Crippen molar-refractivity contribution in [3.63, 3.8) is 0 Å². The molecule has 0 saturated heterocycles. The molecule has 0 aromatic heterocycles. The van der Waals surface area contributed by atoms with E-state index in [0.29, 0.717) is 19.6 Å². The number of benzene rings is 1. The van der Waals surface area contributed by atoms with E-state index in [-0.39, 0.29) is 0 Å². The van der Waals surface area contributed by atoms with E-state index in [1.165, 1.54) is 4.90 Å². The van der Waals surface area contributed by atoms with Crippen LogP contribution in [0.2, 0.25) is 0 Å². The van der Waals surface area contributed by atoms with Gasteiger partial charge in [0.1, 0.15) is 6.54 Å². The van der Waals surface area contributed by atoms with Gasteiger partial charge in [0.25, 0.3) is 0 Å². The number of fused-ring (bicyclic) bond motifs is 1. The Morgan fingerprint density at radius 3 is 2.82 bits per heavy atom. The lowest BCUT2D eigenvalue weighted by atomic mass is 10.1. The van der Waals surface area contributed by atoms with E-state index in [0.717, 1.165) is 16.8 Å². The average molecular weight is 244 g/mol. The number of rotatable bonds is 1. The molecule has 1 aromatic rings. The van der Waals surface area contributed by atoms with Crippen LogP contribution in [-0.4, -0.2) is 25.8 Å². The second-order valence-corrected chi connectivity index (χ2v) is 4.30. The number of hydrogen-bond acceptors (Lipinski definition) is 2. The van der Waals surface area contributed by atoms with E-state index in [4.69, 9.17) is 0 Å². The third-order valence-corrected chi connectivity index (χ3v) is 2.88. The summed E-state index contributed by atoms with van der Waals surface area (Å²) in [4.78, 5) is 1.42. The zero-order chi connectivity index (χ0) is 12.5. The topological polar surface area (TPSA) is 15.3 Å². The maximum atomic E-state index is 12.5. The number of halogens is 3. The standard InChI is InChI=1S/C12H15F3N2/c1-9-3-2-4-10-7-16-5-6-17(11(9)10)8-12(13,14)15/h2-4,16H,5-8H2,1H3. The molecule has 1 N–H and O–H groups in total. The van der Waals surface area contributed by atoms with E-state index < -0.39 is 12.7 Å². The summed E-state index contributed by atoms with van der Waals surface area (Å²) < 4.78 is 37.6. The first-order chi connectivity index (χ1) is 7.97. The molecule has 1 heterocycles. The van der Waals surface area contributed by atoms with Crippen molar-refractivity contribution in [2.45, 2.75) is 19.6 Å². The molecule has 0 radical (unpaired) electrons. The van der Waals surface area contributed by atoms with Crippen LogP contribution in [0, 0.1) is 6.92 Å². The normalized spacial score (nSPS) is 16.6. The Hall–Kier alpha value is -1.23. The monoisotopic (exact) mass is 244 g/mol. The Labute approximate surface area is 98.4 Å². The third kappa shape index (κ3) is 2.91. The Bertz CT molecular complexity index is 401. The summed E-state index contributed by atoms with van der Waals surface area (Å²) in [7, 11) is 0. The largest absolute Gasteiger partial charge is 0.405 e. The van der Waals surface area contributed by atoms with Gasteiger partial charge in [-0.05, 0) is 18.1 Å². The molecular formula is C12H15F3N2. The molecule has 1 aliphatic rings. The van der Waals surface area contributed by atoms with Crippen molar-refractivity contribution in [3.05, 3.63) is 29.3 Å². The first-order valence-electron chi connectivity index (χ1n) is 5.58. The van der Waals surface area contributed by atoms with Gasteiger partial charge in [0, 0.05) is 25.3 Å². The molecule has 17 heavy (non-hydrogen) atoms. The smallest absolute Gasteiger partial charge is 0.361 e. The van der Waals surface area contributed by atoms with Gasteiger partial charge in [0.2, 0.25) is 0 Å². The fourth-order valence-electron chi connectivity index (χ4n) is 2.24. The van der Waals surface area contributed by atoms with Crippen LogP contribution in [-0.2, 0) is 6.54 Å². The number of para-hydroxylation sites is 1. The van der Waals surface area contributed by atoms with Crippen molar-refractivity contribution < 1.29 is 13.2 Å². The summed E-state index contributed by atoms with van der Waals surface area (Å²) in [5, 5.41) is 3.14. The molecule has 1 aromatic carbocycles. The van der Waals surface area contributed by atoms with Crippen molar-refractivity contribution in [2.24, 2.45) is 0 Å². The van der Waals surface area contributed by atoms with Gasteiger partial charge in [-0.15, -0.1) is 0 Å². The van der Waals surface area contributed by atoms with Crippen molar-refractivity contribution in [3.8, 4) is 0 Å². The van der Waals surface area contributed by atoms with Crippen molar-refractivity contribution >= 4 is 5.69 Å². The molecule has 0 unspecified atom stereocenters. The van der Waals surface area contributed by atoms with Crippen LogP contribution in [0.4, 0.5) is 18.9 Å². The third-order valence-electron chi connectivity index (χ3n) is 2.88. The van der Waals surface area contributed by atoms with E-state index in [2.05, 4.69) is 5.32 Å². The zero-order valence-corrected chi connectivity index (χ0v) is 9.64. The Kier molecular flexibility index (Phi) is 3.28. The molecule has 0 fully saturated rings. The first-order valence-corrected chi connectivity index (χ1v) is 5.58. The number of nitrogens with zero attached hydrogens (tertiary/aromatic N) is 1. The Morgan fingerprint density at radius 2 is 2.12 bits per heavy atom. The van der Waals surface area contributed by atoms with Gasteiger partial charge in [-0.3, -0.25) is 0 Å². The summed E-state index contributed by atoms with van der Waals surface area (Å²) in [6.45, 7) is 2.56. The van der Waals surface area contributed by atoms with Crippen molar-refractivity contribution in [2.75, 3.05) is 24.5 Å². The van der Waals surface area contributed by atoms with Crippen LogP contribution in [0.3, 0.4) is 0 Å². The molecule has 5 heteroatoms. The predicted molar refractivity (Wildman–Crippen MR) is 61.2 cm³/mol. The molecule has 0 aliphatic carbocycles. The lowest BCUT2D eigenvalue weighted by Crippen LogP contribution is -2.37. The highest BCUT2D eigenvalue weighted by Gasteiger charge is 2.32. The highest BCUT2D eigenvalue weighted by atomic mass is 19.4. The van der Waals surface area contributed by atoms with Gasteiger partial charge < -0.3 is 10.2 Å². The van der Waals surface area contributed by atoms with Gasteiger partial charge in [-0.1, -0.05) is 18.2 Å². The number of alkyl halides is 3. The summed E-state index contributed by atoms with van der Waals surface area (Å²) in [5.41, 5.74) is 2.57. The molecule has 0 atom stereocenters. The van der Waals surface area contributed by atoms with Crippen LogP contribution < -0.4 is 10.2 Å². The molecule has 2 rings (SSSR count). The number of aryl methyl sites for hydroxylation is 1. The minimum absolute atomic E-state index is 0.386. The second-order valence-electron chi connectivity index (χ2n) is 4.30. The van der Waals surface area contributed by atoms with Crippen molar-refractivity contribution in [1.82, 2.24) is 5.32 Å². The van der Waals surface area contributed by atoms with Gasteiger partial charge in [-0.25, -0.2) is 0 Å². The SMILES string of the molecule is Cc1cccc2c1N(CC(F)(F)F)CCNC2. The fraction of sp³-hybridized carbons (Fsp3) is 0.500. The maximum Gasteiger partial charge on any atom is 0.405 e. The number of anilines is 1. The molecule has 2 nitrogen and oxygen atoms in total. The number of hydrogen-bond donors (Lipinski definition) is 1. The van der Waals surface area contributed by atoms with E-state index in [1.807, 2.05) is 25.1 Å². The molecule has 0 amide bonds. The molecule has 0 saturated carbocycles. The minimum atomic E-state index is -4.16. The van der Waals surface area contributed by atoms with Gasteiger partial charge in [-0.2, -0.15) is 13.2 Å². The summed E-state index contributed by atoms with van der Waals surface area (Å²) in [6, 6.07) is 5.62. The molecule has 0 spiro atoms. The lowest BCUT2D eigenvalue weighted by Gasteiger charge is -2.27. The lowest BCUT2D eigenvalue weighted by molar-refractivity contribution is -0.119. The van der Waals surface area contributed by atoms with E-state index >= 15 is 0 Å². The van der Waals surface area contributed by atoms with Gasteiger partial charge >= 0.3 is 6.18 Å². The van der Waals surface area contributed by atoms with Crippen LogP contribution >= 0.6 is 0 Å². The number of nitrogens with one attached hydrogen (secondary N) is 1. The Balaban J connectivity index is 2.35. The predicted octanol–water partition coefficient (Wildman–Crippen LogP) is 2.47. The van der Waals surface area contributed by atoms with Crippen LogP contribution in [0.15, 0.2) is 18.2 Å². The zero-order valence-electron chi connectivity index (χ0n) is 9.64. The molecule has 0 bridgehead atoms. The highest BCUT2D eigenvalue weighted by molar-refractivity contribution is 5.60. The second kappa shape index (κ2) is 4.56. The maximum absolute atomic E-state index is 12.5. The molecule has 94 valence electrons. The van der Waals surface area contributed by atoms with Crippen LogP contribution in [0.25, 0.3) is 0 Å². The average Bonchev–Trinajstić information content (AvgIpc) is 2.39. The molecular weight excluding hydrogens is 229 g/mol. The van der Waals surface area contributed by atoms with Gasteiger partial charge in [0.15, 0.2) is 0 Å². The molecule has 1 aliphatic heterocycles. The quantitative estimate of drug-likeness (QED) is 0.816. The van der Waals surface area contributed by atoms with Crippen LogP contribution in [0.1, 0.15) is 11.1 Å².